The van der Waals surface area contributed by atoms with Crippen LogP contribution in [0.15, 0.2) is 60.8 Å². The number of carbonyl (C=O) groups excluding carboxylic acids is 1. The lowest BCUT2D eigenvalue weighted by Gasteiger charge is -2.09. The van der Waals surface area contributed by atoms with Crippen LogP contribution in [0.3, 0.4) is 0 Å². The zero-order valence-electron chi connectivity index (χ0n) is 14.5. The monoisotopic (exact) mass is 334 g/mol. The summed E-state index contributed by atoms with van der Waals surface area (Å²) >= 11 is 0. The van der Waals surface area contributed by atoms with Crippen LogP contribution in [-0.2, 0) is 0 Å². The average Bonchev–Trinajstić information content (AvgIpc) is 2.61. The smallest absolute Gasteiger partial charge is 0.255 e. The number of benzene rings is 2. The number of ether oxygens (including phenoxy) is 1. The molecule has 1 N–H and O–H groups in total. The zero-order chi connectivity index (χ0) is 17.6. The number of fused-ring (bicyclic) bond motifs is 1. The molecule has 0 atom stereocenters. The highest BCUT2D eigenvalue weighted by atomic mass is 16.5. The molecular formula is C21H22N2O2. The van der Waals surface area contributed by atoms with Gasteiger partial charge in [-0.25, -0.2) is 0 Å². The Kier molecular flexibility index (Phi) is 5.29. The molecule has 3 rings (SSSR count). The van der Waals surface area contributed by atoms with Crippen LogP contribution in [0.2, 0.25) is 0 Å². The van der Waals surface area contributed by atoms with Crippen LogP contribution in [0.1, 0.15) is 30.6 Å². The van der Waals surface area contributed by atoms with Crippen LogP contribution in [0, 0.1) is 5.92 Å². The first-order chi connectivity index (χ1) is 12.1. The minimum absolute atomic E-state index is 0.140. The SMILES string of the molecule is CC(C)CCOc1cnc2ccc(C(=O)Nc3ccccc3)cc2c1. The molecular weight excluding hydrogens is 312 g/mol. The second-order valence-electron chi connectivity index (χ2n) is 6.43. The molecule has 0 spiro atoms. The minimum Gasteiger partial charge on any atom is -0.492 e. The Balaban J connectivity index is 1.76. The summed E-state index contributed by atoms with van der Waals surface area (Å²) in [6.07, 6.45) is 2.73. The van der Waals surface area contributed by atoms with Gasteiger partial charge in [0, 0.05) is 16.6 Å². The number of anilines is 1. The van der Waals surface area contributed by atoms with Gasteiger partial charge >= 0.3 is 0 Å². The van der Waals surface area contributed by atoms with E-state index in [2.05, 4.69) is 24.1 Å². The van der Waals surface area contributed by atoms with E-state index in [1.165, 1.54) is 0 Å². The van der Waals surface area contributed by atoms with Gasteiger partial charge in [0.25, 0.3) is 5.91 Å². The van der Waals surface area contributed by atoms with Crippen molar-refractivity contribution in [3.63, 3.8) is 0 Å². The predicted octanol–water partition coefficient (Wildman–Crippen LogP) is 4.91. The van der Waals surface area contributed by atoms with Gasteiger partial charge in [-0.3, -0.25) is 9.78 Å². The van der Waals surface area contributed by atoms with E-state index in [4.69, 9.17) is 4.74 Å². The molecule has 4 nitrogen and oxygen atoms in total. The second-order valence-corrected chi connectivity index (χ2v) is 6.43. The molecule has 0 saturated heterocycles. The van der Waals surface area contributed by atoms with Crippen molar-refractivity contribution >= 4 is 22.5 Å². The molecule has 1 heterocycles. The summed E-state index contributed by atoms with van der Waals surface area (Å²) in [5.74, 6) is 1.19. The number of para-hydroxylation sites is 1. The molecule has 2 aromatic carbocycles. The third-order valence-corrected chi connectivity index (χ3v) is 3.91. The molecule has 1 aromatic heterocycles. The van der Waals surface area contributed by atoms with Crippen molar-refractivity contribution < 1.29 is 9.53 Å². The van der Waals surface area contributed by atoms with Crippen molar-refractivity contribution in [3.05, 3.63) is 66.4 Å². The Morgan fingerprint density at radius 1 is 1.12 bits per heavy atom. The van der Waals surface area contributed by atoms with Crippen LogP contribution in [0.4, 0.5) is 5.69 Å². The molecule has 25 heavy (non-hydrogen) atoms. The van der Waals surface area contributed by atoms with Gasteiger partial charge in [0.05, 0.1) is 18.3 Å². The first-order valence-electron chi connectivity index (χ1n) is 8.51. The fourth-order valence-electron chi connectivity index (χ4n) is 2.47. The van der Waals surface area contributed by atoms with Gasteiger partial charge in [-0.05, 0) is 48.7 Å². The molecule has 4 heteroatoms. The lowest BCUT2D eigenvalue weighted by Crippen LogP contribution is -2.11. The van der Waals surface area contributed by atoms with E-state index < -0.39 is 0 Å². The molecule has 0 radical (unpaired) electrons. The lowest BCUT2D eigenvalue weighted by molar-refractivity contribution is 0.102. The van der Waals surface area contributed by atoms with Crippen molar-refractivity contribution in [2.45, 2.75) is 20.3 Å². The van der Waals surface area contributed by atoms with Crippen LogP contribution >= 0.6 is 0 Å². The molecule has 3 aromatic rings. The average molecular weight is 334 g/mol. The number of rotatable bonds is 6. The molecule has 1 amide bonds. The highest BCUT2D eigenvalue weighted by Crippen LogP contribution is 2.21. The Bertz CT molecular complexity index is 860. The summed E-state index contributed by atoms with van der Waals surface area (Å²) in [7, 11) is 0. The summed E-state index contributed by atoms with van der Waals surface area (Å²) in [6.45, 7) is 5.00. The van der Waals surface area contributed by atoms with Crippen molar-refractivity contribution in [1.82, 2.24) is 4.98 Å². The van der Waals surface area contributed by atoms with Crippen molar-refractivity contribution in [2.24, 2.45) is 5.92 Å². The standard InChI is InChI=1S/C21H22N2O2/c1-15(2)10-11-25-19-13-17-12-16(8-9-20(17)22-14-19)21(24)23-18-6-4-3-5-7-18/h3-9,12-15H,10-11H2,1-2H3,(H,23,24). The fraction of sp³-hybridized carbons (Fsp3) is 0.238. The Morgan fingerprint density at radius 2 is 1.92 bits per heavy atom. The van der Waals surface area contributed by atoms with E-state index in [9.17, 15) is 4.79 Å². The number of hydrogen-bond donors (Lipinski definition) is 1. The predicted molar refractivity (Wildman–Crippen MR) is 101 cm³/mol. The van der Waals surface area contributed by atoms with Crippen LogP contribution in [0.5, 0.6) is 5.75 Å². The van der Waals surface area contributed by atoms with Gasteiger partial charge in [0.15, 0.2) is 0 Å². The van der Waals surface area contributed by atoms with Crippen molar-refractivity contribution in [2.75, 3.05) is 11.9 Å². The first-order valence-corrected chi connectivity index (χ1v) is 8.51. The molecule has 0 bridgehead atoms. The summed E-state index contributed by atoms with van der Waals surface area (Å²) in [6, 6.07) is 16.8. The van der Waals surface area contributed by atoms with E-state index in [0.29, 0.717) is 18.1 Å². The molecule has 0 fully saturated rings. The number of carbonyl (C=O) groups is 1. The van der Waals surface area contributed by atoms with Gasteiger partial charge < -0.3 is 10.1 Å². The van der Waals surface area contributed by atoms with Crippen molar-refractivity contribution in [3.8, 4) is 5.75 Å². The van der Waals surface area contributed by atoms with E-state index in [1.54, 1.807) is 12.3 Å². The highest BCUT2D eigenvalue weighted by molar-refractivity contribution is 6.06. The molecule has 128 valence electrons. The Morgan fingerprint density at radius 3 is 2.68 bits per heavy atom. The fourth-order valence-corrected chi connectivity index (χ4v) is 2.47. The number of amides is 1. The molecule has 0 aliphatic rings. The molecule has 0 aliphatic carbocycles. The zero-order valence-corrected chi connectivity index (χ0v) is 14.5. The number of nitrogens with zero attached hydrogens (tertiary/aromatic N) is 1. The maximum atomic E-state index is 12.4. The largest absolute Gasteiger partial charge is 0.492 e. The summed E-state index contributed by atoms with van der Waals surface area (Å²) in [5, 5.41) is 3.79. The van der Waals surface area contributed by atoms with Crippen molar-refractivity contribution in [1.29, 1.82) is 0 Å². The van der Waals surface area contributed by atoms with Gasteiger partial charge in [-0.1, -0.05) is 32.0 Å². The van der Waals surface area contributed by atoms with Gasteiger partial charge in [-0.15, -0.1) is 0 Å². The number of nitrogens with one attached hydrogen (secondary N) is 1. The third-order valence-electron chi connectivity index (χ3n) is 3.91. The van der Waals surface area contributed by atoms with Gasteiger partial charge in [0.2, 0.25) is 0 Å². The third kappa shape index (κ3) is 4.57. The Labute approximate surface area is 147 Å². The highest BCUT2D eigenvalue weighted by Gasteiger charge is 2.08. The minimum atomic E-state index is -0.140. The number of aromatic nitrogens is 1. The summed E-state index contributed by atoms with van der Waals surface area (Å²) in [5.41, 5.74) is 2.21. The van der Waals surface area contributed by atoms with E-state index in [1.807, 2.05) is 48.5 Å². The molecule has 0 unspecified atom stereocenters. The normalized spacial score (nSPS) is 10.8. The number of hydrogen-bond acceptors (Lipinski definition) is 3. The first kappa shape index (κ1) is 17.0. The summed E-state index contributed by atoms with van der Waals surface area (Å²) < 4.78 is 5.76. The van der Waals surface area contributed by atoms with E-state index in [0.717, 1.165) is 28.8 Å². The van der Waals surface area contributed by atoms with Gasteiger partial charge in [-0.2, -0.15) is 0 Å². The maximum absolute atomic E-state index is 12.4. The molecule has 0 aliphatic heterocycles. The molecule has 0 saturated carbocycles. The maximum Gasteiger partial charge on any atom is 0.255 e. The van der Waals surface area contributed by atoms with Crippen LogP contribution in [-0.4, -0.2) is 17.5 Å². The summed E-state index contributed by atoms with van der Waals surface area (Å²) in [4.78, 5) is 16.8. The van der Waals surface area contributed by atoms with Crippen LogP contribution in [0.25, 0.3) is 10.9 Å². The van der Waals surface area contributed by atoms with E-state index >= 15 is 0 Å². The quantitative estimate of drug-likeness (QED) is 0.696. The topological polar surface area (TPSA) is 51.2 Å². The lowest BCUT2D eigenvalue weighted by atomic mass is 10.1. The second kappa shape index (κ2) is 7.79. The Hall–Kier alpha value is -2.88. The van der Waals surface area contributed by atoms with Gasteiger partial charge in [0.1, 0.15) is 5.75 Å². The van der Waals surface area contributed by atoms with Crippen LogP contribution < -0.4 is 10.1 Å². The number of pyridine rings is 1. The van der Waals surface area contributed by atoms with E-state index in [-0.39, 0.29) is 5.91 Å².